The molecule has 0 aromatic rings. The van der Waals surface area contributed by atoms with Crippen LogP contribution in [-0.4, -0.2) is 47.8 Å². The standard InChI is InChI=1S/C12H26N2O/c1-11(2)8-10(14(5,6)7)9-12(3,4)13(11)15/h10H,8-9H2,1-7H3. The summed E-state index contributed by atoms with van der Waals surface area (Å²) < 4.78 is 0.945. The highest BCUT2D eigenvalue weighted by Gasteiger charge is 2.44. The second-order valence-electron chi connectivity index (χ2n) is 7.10. The molecule has 0 N–H and O–H groups in total. The molecule has 0 amide bonds. The Bertz CT molecular complexity index is 222. The van der Waals surface area contributed by atoms with Gasteiger partial charge in [0.25, 0.3) is 0 Å². The van der Waals surface area contributed by atoms with E-state index in [9.17, 15) is 5.21 Å². The van der Waals surface area contributed by atoms with Crippen LogP contribution in [0.25, 0.3) is 0 Å². The average Bonchev–Trinajstić information content (AvgIpc) is 1.97. The van der Waals surface area contributed by atoms with E-state index in [1.165, 1.54) is 5.06 Å². The zero-order valence-electron chi connectivity index (χ0n) is 11.3. The van der Waals surface area contributed by atoms with E-state index < -0.39 is 0 Å². The van der Waals surface area contributed by atoms with Gasteiger partial charge in [0.2, 0.25) is 0 Å². The number of quaternary nitrogens is 1. The first-order valence-corrected chi connectivity index (χ1v) is 5.75. The van der Waals surface area contributed by atoms with E-state index in [-0.39, 0.29) is 11.1 Å². The Kier molecular flexibility index (Phi) is 2.97. The zero-order valence-corrected chi connectivity index (χ0v) is 11.3. The number of rotatable bonds is 1. The molecule has 90 valence electrons. The van der Waals surface area contributed by atoms with Crippen LogP contribution in [0.3, 0.4) is 0 Å². The van der Waals surface area contributed by atoms with Gasteiger partial charge in [-0.25, -0.2) is 0 Å². The van der Waals surface area contributed by atoms with Gasteiger partial charge in [-0.05, 0) is 27.7 Å². The number of hydroxylamine groups is 2. The first kappa shape index (κ1) is 12.9. The SMILES string of the molecule is CC1(C)CC([N+](C)(C)C)CC(C)(C)N1[O-]. The maximum atomic E-state index is 12.2. The second kappa shape index (κ2) is 3.44. The van der Waals surface area contributed by atoms with Crippen molar-refractivity contribution in [3.8, 4) is 0 Å². The van der Waals surface area contributed by atoms with E-state index in [4.69, 9.17) is 0 Å². The lowest BCUT2D eigenvalue weighted by Gasteiger charge is -2.61. The lowest BCUT2D eigenvalue weighted by molar-refractivity contribution is -0.899. The molecule has 1 aliphatic heterocycles. The minimum absolute atomic E-state index is 0.238. The van der Waals surface area contributed by atoms with Crippen molar-refractivity contribution in [2.24, 2.45) is 0 Å². The van der Waals surface area contributed by atoms with Crippen molar-refractivity contribution in [2.45, 2.75) is 57.7 Å². The summed E-state index contributed by atoms with van der Waals surface area (Å²) in [6.45, 7) is 8.24. The molecule has 0 unspecified atom stereocenters. The van der Waals surface area contributed by atoms with Gasteiger partial charge in [0, 0.05) is 23.9 Å². The molecule has 1 heterocycles. The molecule has 0 saturated carbocycles. The predicted octanol–water partition coefficient (Wildman–Crippen LogP) is 2.21. The van der Waals surface area contributed by atoms with Crippen LogP contribution in [0.5, 0.6) is 0 Å². The first-order valence-electron chi connectivity index (χ1n) is 5.75. The Hall–Kier alpha value is -0.120. The van der Waals surface area contributed by atoms with Gasteiger partial charge in [-0.3, -0.25) is 0 Å². The molecule has 1 rings (SSSR count). The quantitative estimate of drug-likeness (QED) is 0.626. The Morgan fingerprint density at radius 2 is 1.33 bits per heavy atom. The molecule has 3 heteroatoms. The summed E-state index contributed by atoms with van der Waals surface area (Å²) >= 11 is 0. The molecule has 1 saturated heterocycles. The van der Waals surface area contributed by atoms with Gasteiger partial charge in [-0.1, -0.05) is 0 Å². The van der Waals surface area contributed by atoms with Gasteiger partial charge in [-0.2, -0.15) is 0 Å². The number of hydrogen-bond donors (Lipinski definition) is 0. The van der Waals surface area contributed by atoms with E-state index >= 15 is 0 Å². The molecule has 0 spiro atoms. The highest BCUT2D eigenvalue weighted by Crippen LogP contribution is 2.39. The Morgan fingerprint density at radius 3 is 1.60 bits per heavy atom. The third-order valence-electron chi connectivity index (χ3n) is 3.67. The zero-order chi connectivity index (χ0) is 12.1. The predicted molar refractivity (Wildman–Crippen MR) is 64.4 cm³/mol. The van der Waals surface area contributed by atoms with Gasteiger partial charge in [0.15, 0.2) is 0 Å². The molecular weight excluding hydrogens is 188 g/mol. The minimum atomic E-state index is -0.238. The molecule has 0 aliphatic carbocycles. The minimum Gasteiger partial charge on any atom is -0.784 e. The molecule has 0 bridgehead atoms. The van der Waals surface area contributed by atoms with Gasteiger partial charge in [0.05, 0.1) is 27.2 Å². The van der Waals surface area contributed by atoms with Crippen molar-refractivity contribution < 1.29 is 4.48 Å². The lowest BCUT2D eigenvalue weighted by atomic mass is 9.78. The third kappa shape index (κ3) is 2.52. The maximum Gasteiger partial charge on any atom is 0.0918 e. The molecular formula is C12H26N2O. The number of nitrogens with zero attached hydrogens (tertiary/aromatic N) is 2. The van der Waals surface area contributed by atoms with Crippen LogP contribution in [-0.2, 0) is 0 Å². The molecule has 3 nitrogen and oxygen atoms in total. The molecule has 1 aliphatic rings. The summed E-state index contributed by atoms with van der Waals surface area (Å²) in [6, 6.07) is 0.570. The Balaban J connectivity index is 2.94. The van der Waals surface area contributed by atoms with Crippen LogP contribution >= 0.6 is 0 Å². The Morgan fingerprint density at radius 1 is 1.00 bits per heavy atom. The van der Waals surface area contributed by atoms with Crippen LogP contribution in [0, 0.1) is 5.21 Å². The van der Waals surface area contributed by atoms with E-state index in [0.717, 1.165) is 17.3 Å². The number of piperidine rings is 1. The Labute approximate surface area is 94.2 Å². The molecule has 0 aromatic heterocycles. The molecule has 0 atom stereocenters. The van der Waals surface area contributed by atoms with Crippen LogP contribution in [0.4, 0.5) is 0 Å². The van der Waals surface area contributed by atoms with Crippen molar-refractivity contribution in [3.05, 3.63) is 5.21 Å². The normalized spacial score (nSPS) is 28.0. The van der Waals surface area contributed by atoms with Crippen LogP contribution in [0.1, 0.15) is 40.5 Å². The molecule has 1 fully saturated rings. The third-order valence-corrected chi connectivity index (χ3v) is 3.67. The maximum absolute atomic E-state index is 12.2. The van der Waals surface area contributed by atoms with E-state index in [1.54, 1.807) is 0 Å². The van der Waals surface area contributed by atoms with Crippen LogP contribution in [0.15, 0.2) is 0 Å². The molecule has 0 aromatic carbocycles. The van der Waals surface area contributed by atoms with E-state index in [1.807, 2.05) is 0 Å². The average molecular weight is 214 g/mol. The van der Waals surface area contributed by atoms with E-state index in [2.05, 4.69) is 48.8 Å². The van der Waals surface area contributed by atoms with Gasteiger partial charge in [-0.15, -0.1) is 0 Å². The van der Waals surface area contributed by atoms with Crippen LogP contribution < -0.4 is 0 Å². The van der Waals surface area contributed by atoms with Gasteiger partial charge in [0.1, 0.15) is 0 Å². The van der Waals surface area contributed by atoms with Gasteiger partial charge >= 0.3 is 0 Å². The highest BCUT2D eigenvalue weighted by atomic mass is 16.5. The van der Waals surface area contributed by atoms with Crippen LogP contribution in [0.2, 0.25) is 0 Å². The smallest absolute Gasteiger partial charge is 0.0918 e. The summed E-state index contributed by atoms with van der Waals surface area (Å²) in [5.74, 6) is 0. The first-order chi connectivity index (χ1) is 6.47. The van der Waals surface area contributed by atoms with Crippen molar-refractivity contribution in [3.63, 3.8) is 0 Å². The largest absolute Gasteiger partial charge is 0.784 e. The fraction of sp³-hybridized carbons (Fsp3) is 1.00. The van der Waals surface area contributed by atoms with E-state index in [0.29, 0.717) is 6.04 Å². The van der Waals surface area contributed by atoms with Crippen molar-refractivity contribution in [1.82, 2.24) is 5.06 Å². The highest BCUT2D eigenvalue weighted by molar-refractivity contribution is 5.00. The lowest BCUT2D eigenvalue weighted by Crippen LogP contribution is -2.64. The van der Waals surface area contributed by atoms with Gasteiger partial charge < -0.3 is 14.8 Å². The van der Waals surface area contributed by atoms with Crippen molar-refractivity contribution in [2.75, 3.05) is 21.1 Å². The summed E-state index contributed by atoms with van der Waals surface area (Å²) in [5, 5.41) is 13.4. The molecule has 0 radical (unpaired) electrons. The fourth-order valence-electron chi connectivity index (χ4n) is 2.76. The summed E-state index contributed by atoms with van der Waals surface area (Å²) in [7, 11) is 6.66. The molecule has 15 heavy (non-hydrogen) atoms. The topological polar surface area (TPSA) is 26.3 Å². The summed E-state index contributed by atoms with van der Waals surface area (Å²) in [4.78, 5) is 0. The summed E-state index contributed by atoms with van der Waals surface area (Å²) in [5.41, 5.74) is -0.476. The van der Waals surface area contributed by atoms with Crippen molar-refractivity contribution in [1.29, 1.82) is 0 Å². The summed E-state index contributed by atoms with van der Waals surface area (Å²) in [6.07, 6.45) is 1.95. The fourth-order valence-corrected chi connectivity index (χ4v) is 2.76. The second-order valence-corrected chi connectivity index (χ2v) is 7.10. The monoisotopic (exact) mass is 214 g/mol. The number of hydrogen-bond acceptors (Lipinski definition) is 2. The van der Waals surface area contributed by atoms with Crippen molar-refractivity contribution >= 4 is 0 Å².